The van der Waals surface area contributed by atoms with Gasteiger partial charge >= 0.3 is 0 Å². The monoisotopic (exact) mass is 331 g/mol. The Morgan fingerprint density at radius 3 is 2.94 bits per heavy atom. The Kier molecular flexibility index (Phi) is 3.87. The Labute approximate surface area is 118 Å². The summed E-state index contributed by atoms with van der Waals surface area (Å²) in [4.78, 5) is 29.0. The Balaban J connectivity index is 2.39. The smallest absolute Gasteiger partial charge is 0.249 e. The molecule has 2 amide bonds. The second-order valence-electron chi connectivity index (χ2n) is 3.92. The summed E-state index contributed by atoms with van der Waals surface area (Å²) in [5.74, 6) is -0.199. The van der Waals surface area contributed by atoms with Gasteiger partial charge in [0.1, 0.15) is 11.9 Å². The molecule has 1 unspecified atom stereocenters. The summed E-state index contributed by atoms with van der Waals surface area (Å²) in [6.45, 7) is 1.96. The van der Waals surface area contributed by atoms with Crippen LogP contribution in [0.25, 0.3) is 0 Å². The van der Waals surface area contributed by atoms with Gasteiger partial charge in [-0.1, -0.05) is 18.5 Å². The van der Waals surface area contributed by atoms with Crippen molar-refractivity contribution < 1.29 is 9.59 Å². The summed E-state index contributed by atoms with van der Waals surface area (Å²) in [6.07, 6.45) is 2.16. The SMILES string of the molecule is CCC1C(=O)NC(=O)CN1c1ncc(Br)cc1Cl. The second kappa shape index (κ2) is 5.24. The number of pyridine rings is 1. The third-order valence-corrected chi connectivity index (χ3v) is 3.41. The summed E-state index contributed by atoms with van der Waals surface area (Å²) in [5.41, 5.74) is 0. The quantitative estimate of drug-likeness (QED) is 0.838. The van der Waals surface area contributed by atoms with Crippen LogP contribution >= 0.6 is 27.5 Å². The maximum atomic E-state index is 11.7. The third kappa shape index (κ3) is 2.49. The van der Waals surface area contributed by atoms with Crippen molar-refractivity contribution in [3.05, 3.63) is 21.8 Å². The van der Waals surface area contributed by atoms with Crippen LogP contribution in [0.4, 0.5) is 5.82 Å². The molecule has 0 radical (unpaired) electrons. The Hall–Kier alpha value is -1.14. The fourth-order valence-electron chi connectivity index (χ4n) is 1.91. The maximum Gasteiger partial charge on any atom is 0.249 e. The number of hydrogen-bond donors (Lipinski definition) is 1. The van der Waals surface area contributed by atoms with E-state index >= 15 is 0 Å². The minimum Gasteiger partial charge on any atom is -0.334 e. The van der Waals surface area contributed by atoms with E-state index < -0.39 is 6.04 Å². The third-order valence-electron chi connectivity index (χ3n) is 2.70. The van der Waals surface area contributed by atoms with Crippen molar-refractivity contribution in [3.63, 3.8) is 0 Å². The molecular formula is C11H11BrClN3O2. The fourth-order valence-corrected chi connectivity index (χ4v) is 2.65. The lowest BCUT2D eigenvalue weighted by atomic mass is 10.1. The predicted molar refractivity (Wildman–Crippen MR) is 71.5 cm³/mol. The molecule has 2 rings (SSSR count). The van der Waals surface area contributed by atoms with Crippen LogP contribution in [-0.2, 0) is 9.59 Å². The van der Waals surface area contributed by atoms with E-state index in [0.717, 1.165) is 4.47 Å². The van der Waals surface area contributed by atoms with E-state index in [0.29, 0.717) is 17.3 Å². The lowest BCUT2D eigenvalue weighted by Gasteiger charge is -2.34. The lowest BCUT2D eigenvalue weighted by Crippen LogP contribution is -2.58. The van der Waals surface area contributed by atoms with Gasteiger partial charge in [-0.15, -0.1) is 0 Å². The van der Waals surface area contributed by atoms with E-state index in [1.807, 2.05) is 6.92 Å². The van der Waals surface area contributed by atoms with Crippen molar-refractivity contribution in [2.45, 2.75) is 19.4 Å². The van der Waals surface area contributed by atoms with Gasteiger partial charge in [0.2, 0.25) is 11.8 Å². The van der Waals surface area contributed by atoms with Crippen LogP contribution in [0.5, 0.6) is 0 Å². The van der Waals surface area contributed by atoms with E-state index in [4.69, 9.17) is 11.6 Å². The van der Waals surface area contributed by atoms with Crippen LogP contribution in [0, 0.1) is 0 Å². The van der Waals surface area contributed by atoms with Crippen LogP contribution in [0.1, 0.15) is 13.3 Å². The number of anilines is 1. The van der Waals surface area contributed by atoms with E-state index in [1.54, 1.807) is 17.2 Å². The molecule has 1 N–H and O–H groups in total. The van der Waals surface area contributed by atoms with Gasteiger partial charge in [-0.3, -0.25) is 14.9 Å². The van der Waals surface area contributed by atoms with Crippen molar-refractivity contribution in [1.82, 2.24) is 10.3 Å². The zero-order valence-corrected chi connectivity index (χ0v) is 12.0. The first-order valence-electron chi connectivity index (χ1n) is 5.44. The molecule has 2 heterocycles. The molecular weight excluding hydrogens is 321 g/mol. The van der Waals surface area contributed by atoms with Crippen LogP contribution in [0.15, 0.2) is 16.7 Å². The van der Waals surface area contributed by atoms with Crippen LogP contribution in [0.2, 0.25) is 5.02 Å². The summed E-state index contributed by atoms with van der Waals surface area (Å²) in [5, 5.41) is 2.72. The van der Waals surface area contributed by atoms with E-state index in [-0.39, 0.29) is 18.4 Å². The highest BCUT2D eigenvalue weighted by Crippen LogP contribution is 2.29. The van der Waals surface area contributed by atoms with E-state index in [1.165, 1.54) is 0 Å². The van der Waals surface area contributed by atoms with E-state index in [2.05, 4.69) is 26.2 Å². The number of amides is 2. The highest BCUT2D eigenvalue weighted by molar-refractivity contribution is 9.10. The largest absolute Gasteiger partial charge is 0.334 e. The van der Waals surface area contributed by atoms with Gasteiger partial charge in [-0.25, -0.2) is 4.98 Å². The molecule has 1 aliphatic rings. The molecule has 7 heteroatoms. The minimum absolute atomic E-state index is 0.0819. The molecule has 0 saturated carbocycles. The molecule has 1 fully saturated rings. The van der Waals surface area contributed by atoms with Crippen molar-refractivity contribution in [2.24, 2.45) is 0 Å². The molecule has 1 aromatic heterocycles. The van der Waals surface area contributed by atoms with Crippen molar-refractivity contribution in [3.8, 4) is 0 Å². The minimum atomic E-state index is -0.422. The highest BCUT2D eigenvalue weighted by Gasteiger charge is 2.34. The molecule has 0 aromatic carbocycles. The normalized spacial score (nSPS) is 19.9. The summed E-state index contributed by atoms with van der Waals surface area (Å²) in [7, 11) is 0. The number of carbonyl (C=O) groups is 2. The Morgan fingerprint density at radius 1 is 1.61 bits per heavy atom. The average Bonchev–Trinajstić information content (AvgIpc) is 2.28. The summed E-state index contributed by atoms with van der Waals surface area (Å²) in [6, 6.07) is 1.27. The van der Waals surface area contributed by atoms with Gasteiger partial charge in [0.15, 0.2) is 0 Å². The van der Waals surface area contributed by atoms with Crippen LogP contribution in [0.3, 0.4) is 0 Å². The first kappa shape index (κ1) is 13.3. The summed E-state index contributed by atoms with van der Waals surface area (Å²) < 4.78 is 0.747. The first-order chi connectivity index (χ1) is 8.52. The molecule has 1 atom stereocenters. The zero-order chi connectivity index (χ0) is 13.3. The van der Waals surface area contributed by atoms with Crippen molar-refractivity contribution in [2.75, 3.05) is 11.4 Å². The standard InChI is InChI=1S/C11H11BrClN3O2/c1-2-8-11(18)15-9(17)5-16(8)10-7(13)3-6(12)4-14-10/h3-4,8H,2,5H2,1H3,(H,15,17,18). The molecule has 0 bridgehead atoms. The number of hydrogen-bond acceptors (Lipinski definition) is 4. The molecule has 0 spiro atoms. The van der Waals surface area contributed by atoms with Gasteiger partial charge in [0, 0.05) is 10.7 Å². The number of imide groups is 1. The number of piperazine rings is 1. The molecule has 5 nitrogen and oxygen atoms in total. The second-order valence-corrected chi connectivity index (χ2v) is 5.25. The molecule has 96 valence electrons. The lowest BCUT2D eigenvalue weighted by molar-refractivity contribution is -0.132. The maximum absolute atomic E-state index is 11.7. The van der Waals surface area contributed by atoms with Crippen molar-refractivity contribution >= 4 is 45.2 Å². The van der Waals surface area contributed by atoms with Gasteiger partial charge in [-0.2, -0.15) is 0 Å². The first-order valence-corrected chi connectivity index (χ1v) is 6.61. The van der Waals surface area contributed by atoms with Gasteiger partial charge < -0.3 is 4.90 Å². The fraction of sp³-hybridized carbons (Fsp3) is 0.364. The number of carbonyl (C=O) groups excluding carboxylic acids is 2. The van der Waals surface area contributed by atoms with Crippen LogP contribution < -0.4 is 10.2 Å². The van der Waals surface area contributed by atoms with Gasteiger partial charge in [0.25, 0.3) is 0 Å². The molecule has 1 aliphatic heterocycles. The van der Waals surface area contributed by atoms with Crippen molar-refractivity contribution in [1.29, 1.82) is 0 Å². The topological polar surface area (TPSA) is 62.3 Å². The molecule has 18 heavy (non-hydrogen) atoms. The van der Waals surface area contributed by atoms with Gasteiger partial charge in [-0.05, 0) is 28.4 Å². The summed E-state index contributed by atoms with van der Waals surface area (Å²) >= 11 is 9.37. The van der Waals surface area contributed by atoms with Crippen LogP contribution in [-0.4, -0.2) is 29.4 Å². The van der Waals surface area contributed by atoms with E-state index in [9.17, 15) is 9.59 Å². The number of aromatic nitrogens is 1. The number of nitrogens with zero attached hydrogens (tertiary/aromatic N) is 2. The molecule has 0 aliphatic carbocycles. The molecule has 1 aromatic rings. The number of halogens is 2. The zero-order valence-electron chi connectivity index (χ0n) is 9.61. The predicted octanol–water partition coefficient (Wildman–Crippen LogP) is 1.74. The highest BCUT2D eigenvalue weighted by atomic mass is 79.9. The average molecular weight is 333 g/mol. The Bertz CT molecular complexity index is 509. The number of rotatable bonds is 2. The Morgan fingerprint density at radius 2 is 2.33 bits per heavy atom. The molecule has 1 saturated heterocycles. The number of nitrogens with one attached hydrogen (secondary N) is 1. The van der Waals surface area contributed by atoms with Gasteiger partial charge in [0.05, 0.1) is 11.6 Å².